The van der Waals surface area contributed by atoms with Crippen LogP contribution in [0.1, 0.15) is 16.1 Å². The van der Waals surface area contributed by atoms with E-state index in [2.05, 4.69) is 26.5 Å². The zero-order valence-corrected chi connectivity index (χ0v) is 15.1. The summed E-state index contributed by atoms with van der Waals surface area (Å²) in [5.41, 5.74) is 2.17. The van der Waals surface area contributed by atoms with Crippen LogP contribution in [0.4, 0.5) is 5.69 Å². The number of nitro benzene ring substituents is 1. The minimum atomic E-state index is -0.774. The lowest BCUT2D eigenvalue weighted by Crippen LogP contribution is -2.16. The first-order valence-electron chi connectivity index (χ1n) is 7.04. The van der Waals surface area contributed by atoms with Crippen molar-refractivity contribution in [1.29, 1.82) is 0 Å². The van der Waals surface area contributed by atoms with Crippen LogP contribution < -0.4 is 5.43 Å². The molecular weight excluding hydrogens is 430 g/mol. The Labute approximate surface area is 159 Å². The minimum Gasteiger partial charge on any atom is -0.502 e. The van der Waals surface area contributed by atoms with Gasteiger partial charge in [-0.15, -0.1) is 0 Å². The Morgan fingerprint density at radius 3 is 2.85 bits per heavy atom. The highest BCUT2D eigenvalue weighted by Crippen LogP contribution is 2.32. The highest BCUT2D eigenvalue weighted by atomic mass is 79.9. The molecule has 0 spiro atoms. The lowest BCUT2D eigenvalue weighted by Gasteiger charge is -2.01. The molecule has 0 unspecified atom stereocenters. The molecule has 0 bridgehead atoms. The fourth-order valence-electron chi connectivity index (χ4n) is 2.18. The predicted octanol–water partition coefficient (Wildman–Crippen LogP) is 4.23. The van der Waals surface area contributed by atoms with E-state index in [0.717, 1.165) is 22.1 Å². The third-order valence-electron chi connectivity index (χ3n) is 3.35. The van der Waals surface area contributed by atoms with Crippen molar-refractivity contribution in [2.75, 3.05) is 0 Å². The number of phenolic OH excluding ortho intramolecular Hbond substituents is 1. The van der Waals surface area contributed by atoms with Gasteiger partial charge in [0.25, 0.3) is 0 Å². The van der Waals surface area contributed by atoms with E-state index in [9.17, 15) is 20.0 Å². The third-order valence-corrected chi connectivity index (χ3v) is 4.06. The standard InChI is InChI=1S/C16H9BrClN3O5/c17-10-1-2-13-8(3-10)5-14(26-13)16(23)20-19-7-9-4-11(18)6-12(15(9)22)21(24)25/h1-7,22H,(H,20,23)/b19-7+. The number of halogens is 2. The van der Waals surface area contributed by atoms with E-state index in [4.69, 9.17) is 16.0 Å². The van der Waals surface area contributed by atoms with Gasteiger partial charge in [0.15, 0.2) is 5.76 Å². The second-order valence-electron chi connectivity index (χ2n) is 5.11. The highest BCUT2D eigenvalue weighted by molar-refractivity contribution is 9.10. The Bertz CT molecular complexity index is 1060. The van der Waals surface area contributed by atoms with Crippen molar-refractivity contribution >= 4 is 56.3 Å². The lowest BCUT2D eigenvalue weighted by atomic mass is 10.2. The second-order valence-corrected chi connectivity index (χ2v) is 6.46. The average Bonchev–Trinajstić information content (AvgIpc) is 3.00. The average molecular weight is 439 g/mol. The van der Waals surface area contributed by atoms with Crippen molar-refractivity contribution in [3.05, 3.63) is 67.3 Å². The van der Waals surface area contributed by atoms with Gasteiger partial charge >= 0.3 is 11.6 Å². The largest absolute Gasteiger partial charge is 0.502 e. The van der Waals surface area contributed by atoms with E-state index in [1.54, 1.807) is 24.3 Å². The van der Waals surface area contributed by atoms with Crippen molar-refractivity contribution in [2.45, 2.75) is 0 Å². The number of aromatic hydroxyl groups is 1. The molecule has 1 aromatic heterocycles. The fraction of sp³-hybridized carbons (Fsp3) is 0. The maximum Gasteiger partial charge on any atom is 0.312 e. The maximum atomic E-state index is 12.1. The Morgan fingerprint density at radius 2 is 2.12 bits per heavy atom. The van der Waals surface area contributed by atoms with Crippen molar-refractivity contribution < 1.29 is 19.2 Å². The zero-order chi connectivity index (χ0) is 18.8. The topological polar surface area (TPSA) is 118 Å². The molecule has 0 aliphatic rings. The van der Waals surface area contributed by atoms with Crippen LogP contribution in [0.15, 0.2) is 50.4 Å². The number of hydrazone groups is 1. The molecule has 0 aliphatic carbocycles. The summed E-state index contributed by atoms with van der Waals surface area (Å²) in [6, 6.07) is 9.12. The first kappa shape index (κ1) is 17.9. The summed E-state index contributed by atoms with van der Waals surface area (Å²) >= 11 is 9.10. The number of carbonyl (C=O) groups is 1. The van der Waals surface area contributed by atoms with Crippen LogP contribution in [0.25, 0.3) is 11.0 Å². The number of furan rings is 1. The molecule has 2 aromatic carbocycles. The van der Waals surface area contributed by atoms with E-state index in [1.807, 2.05) is 0 Å². The molecule has 0 radical (unpaired) electrons. The second kappa shape index (κ2) is 7.14. The lowest BCUT2D eigenvalue weighted by molar-refractivity contribution is -0.385. The molecule has 0 fully saturated rings. The summed E-state index contributed by atoms with van der Waals surface area (Å²) in [6.07, 6.45) is 1.05. The van der Waals surface area contributed by atoms with Gasteiger partial charge in [-0.2, -0.15) is 5.10 Å². The predicted molar refractivity (Wildman–Crippen MR) is 98.7 cm³/mol. The fourth-order valence-corrected chi connectivity index (χ4v) is 2.78. The van der Waals surface area contributed by atoms with Gasteiger partial charge in [0.1, 0.15) is 5.58 Å². The first-order chi connectivity index (χ1) is 12.3. The van der Waals surface area contributed by atoms with Crippen LogP contribution in [0.2, 0.25) is 5.02 Å². The van der Waals surface area contributed by atoms with Gasteiger partial charge in [0, 0.05) is 26.5 Å². The molecule has 3 rings (SSSR count). The van der Waals surface area contributed by atoms with Gasteiger partial charge in [0.2, 0.25) is 5.75 Å². The van der Waals surface area contributed by atoms with Crippen LogP contribution in [0.3, 0.4) is 0 Å². The maximum absolute atomic E-state index is 12.1. The number of nitrogens with zero attached hydrogens (tertiary/aromatic N) is 2. The molecule has 1 amide bonds. The van der Waals surface area contributed by atoms with Gasteiger partial charge < -0.3 is 9.52 Å². The molecule has 0 atom stereocenters. The summed E-state index contributed by atoms with van der Waals surface area (Å²) < 4.78 is 6.26. The molecule has 0 aliphatic heterocycles. The van der Waals surface area contributed by atoms with Crippen LogP contribution in [0, 0.1) is 10.1 Å². The molecule has 132 valence electrons. The van der Waals surface area contributed by atoms with Gasteiger partial charge in [-0.1, -0.05) is 27.5 Å². The number of rotatable bonds is 4. The number of phenols is 1. The van der Waals surface area contributed by atoms with Crippen molar-refractivity contribution in [2.24, 2.45) is 5.10 Å². The Kier molecular flexibility index (Phi) is 4.92. The number of carbonyl (C=O) groups excluding carboxylic acids is 1. The van der Waals surface area contributed by atoms with Crippen molar-refractivity contribution in [3.8, 4) is 5.75 Å². The Morgan fingerprint density at radius 1 is 1.35 bits per heavy atom. The smallest absolute Gasteiger partial charge is 0.312 e. The number of fused-ring (bicyclic) bond motifs is 1. The molecule has 26 heavy (non-hydrogen) atoms. The molecule has 2 N–H and O–H groups in total. The van der Waals surface area contributed by atoms with Gasteiger partial charge in [-0.25, -0.2) is 5.43 Å². The Balaban J connectivity index is 1.79. The first-order valence-corrected chi connectivity index (χ1v) is 8.21. The van der Waals surface area contributed by atoms with Crippen molar-refractivity contribution in [3.63, 3.8) is 0 Å². The molecule has 10 heteroatoms. The molecule has 1 heterocycles. The number of nitrogens with one attached hydrogen (secondary N) is 1. The third kappa shape index (κ3) is 3.68. The van der Waals surface area contributed by atoms with E-state index < -0.39 is 22.3 Å². The van der Waals surface area contributed by atoms with Crippen LogP contribution in [-0.2, 0) is 0 Å². The number of hydrogen-bond donors (Lipinski definition) is 2. The quantitative estimate of drug-likeness (QED) is 0.359. The number of benzene rings is 2. The summed E-state index contributed by atoms with van der Waals surface area (Å²) in [5.74, 6) is -1.19. The molecule has 8 nitrogen and oxygen atoms in total. The Hall–Kier alpha value is -2.91. The minimum absolute atomic E-state index is 0.0157. The summed E-state index contributed by atoms with van der Waals surface area (Å²) in [7, 11) is 0. The number of hydrogen-bond acceptors (Lipinski definition) is 6. The number of nitro groups is 1. The van der Waals surface area contributed by atoms with Crippen LogP contribution >= 0.6 is 27.5 Å². The molecular formula is C16H9BrClN3O5. The monoisotopic (exact) mass is 437 g/mol. The van der Waals surface area contributed by atoms with Gasteiger partial charge in [0.05, 0.1) is 11.1 Å². The normalized spacial score (nSPS) is 11.2. The zero-order valence-electron chi connectivity index (χ0n) is 12.8. The van der Waals surface area contributed by atoms with E-state index in [0.29, 0.717) is 5.58 Å². The molecule has 0 saturated heterocycles. The summed E-state index contributed by atoms with van der Waals surface area (Å²) in [6.45, 7) is 0. The van der Waals surface area contributed by atoms with E-state index >= 15 is 0 Å². The highest BCUT2D eigenvalue weighted by Gasteiger charge is 2.18. The van der Waals surface area contributed by atoms with E-state index in [1.165, 1.54) is 6.07 Å². The van der Waals surface area contributed by atoms with Gasteiger partial charge in [-0.3, -0.25) is 14.9 Å². The van der Waals surface area contributed by atoms with Gasteiger partial charge in [-0.05, 0) is 30.3 Å². The van der Waals surface area contributed by atoms with Crippen LogP contribution in [-0.4, -0.2) is 22.2 Å². The number of amides is 1. The molecule has 3 aromatic rings. The molecule has 0 saturated carbocycles. The van der Waals surface area contributed by atoms with E-state index in [-0.39, 0.29) is 16.3 Å². The SMILES string of the molecule is O=C(N/N=C/c1cc(Cl)cc([N+](=O)[O-])c1O)c1cc2cc(Br)ccc2o1. The summed E-state index contributed by atoms with van der Waals surface area (Å²) in [4.78, 5) is 22.2. The van der Waals surface area contributed by atoms with Crippen LogP contribution in [0.5, 0.6) is 5.75 Å². The van der Waals surface area contributed by atoms with Crippen molar-refractivity contribution in [1.82, 2.24) is 5.43 Å². The summed E-state index contributed by atoms with van der Waals surface area (Å²) in [5, 5.41) is 25.2.